The Morgan fingerprint density at radius 1 is 1.16 bits per heavy atom. The highest BCUT2D eigenvalue weighted by Gasteiger charge is 2.17. The number of fused-ring (bicyclic) bond motifs is 3. The van der Waals surface area contributed by atoms with Crippen molar-refractivity contribution < 1.29 is 12.4 Å². The summed E-state index contributed by atoms with van der Waals surface area (Å²) in [5, 5.41) is 0. The minimum absolute atomic E-state index is 0. The van der Waals surface area contributed by atoms with Crippen LogP contribution in [0.4, 0.5) is 0 Å². The number of pyridine rings is 1. The van der Waals surface area contributed by atoms with Crippen molar-refractivity contribution in [1.29, 1.82) is 0 Å². The lowest BCUT2D eigenvalue weighted by Gasteiger charge is -2.18. The van der Waals surface area contributed by atoms with Gasteiger partial charge in [-0.2, -0.15) is 0 Å². The van der Waals surface area contributed by atoms with Crippen molar-refractivity contribution >= 4 is 17.4 Å². The molecule has 0 amide bonds. The van der Waals surface area contributed by atoms with E-state index in [1.807, 2.05) is 11.8 Å². The molecule has 2 nitrogen and oxygen atoms in total. The van der Waals surface area contributed by atoms with Gasteiger partial charge in [0.15, 0.2) is 0 Å². The van der Waals surface area contributed by atoms with Gasteiger partial charge in [0.1, 0.15) is 5.65 Å². The van der Waals surface area contributed by atoms with E-state index in [-0.39, 0.29) is 17.2 Å². The van der Waals surface area contributed by atoms with Crippen LogP contribution >= 0.6 is 11.8 Å². The molecular formula is C15H20ClN2S-. The SMILES string of the molecule is CC(C)(C)Sc1ccc2nc3c(n2c1)CCCC3.[Cl-]. The largest absolute Gasteiger partial charge is 1.00 e. The fourth-order valence-electron chi connectivity index (χ4n) is 2.59. The summed E-state index contributed by atoms with van der Waals surface area (Å²) in [5.74, 6) is 0. The third-order valence-electron chi connectivity index (χ3n) is 3.27. The van der Waals surface area contributed by atoms with Crippen molar-refractivity contribution in [1.82, 2.24) is 9.38 Å². The lowest BCUT2D eigenvalue weighted by molar-refractivity contribution is -0.00000412. The fraction of sp³-hybridized carbons (Fsp3) is 0.533. The molecule has 0 fully saturated rings. The van der Waals surface area contributed by atoms with Crippen LogP contribution in [0.3, 0.4) is 0 Å². The second-order valence-corrected chi connectivity index (χ2v) is 7.92. The first-order chi connectivity index (χ1) is 8.53. The first-order valence-electron chi connectivity index (χ1n) is 6.72. The van der Waals surface area contributed by atoms with Gasteiger partial charge in [-0.25, -0.2) is 4.98 Å². The van der Waals surface area contributed by atoms with Crippen LogP contribution in [-0.2, 0) is 12.8 Å². The van der Waals surface area contributed by atoms with Gasteiger partial charge in [0.25, 0.3) is 0 Å². The Hall–Kier alpha value is -0.670. The van der Waals surface area contributed by atoms with Crippen LogP contribution in [0.25, 0.3) is 5.65 Å². The summed E-state index contributed by atoms with van der Waals surface area (Å²) >= 11 is 1.92. The molecule has 0 spiro atoms. The predicted octanol–water partition coefficient (Wildman–Crippen LogP) is 1.11. The molecule has 0 aliphatic heterocycles. The molecule has 0 atom stereocenters. The zero-order valence-corrected chi connectivity index (χ0v) is 13.3. The molecule has 0 aromatic carbocycles. The Bertz CT molecular complexity index is 584. The van der Waals surface area contributed by atoms with E-state index in [0.717, 1.165) is 12.1 Å². The van der Waals surface area contributed by atoms with E-state index in [2.05, 4.69) is 43.5 Å². The molecule has 2 aromatic rings. The van der Waals surface area contributed by atoms with Crippen LogP contribution < -0.4 is 12.4 Å². The zero-order valence-electron chi connectivity index (χ0n) is 11.7. The molecule has 0 unspecified atom stereocenters. The molecule has 3 rings (SSSR count). The van der Waals surface area contributed by atoms with E-state index < -0.39 is 0 Å². The Balaban J connectivity index is 0.00000133. The fourth-order valence-corrected chi connectivity index (χ4v) is 3.59. The highest BCUT2D eigenvalue weighted by atomic mass is 35.5. The molecule has 0 N–H and O–H groups in total. The third-order valence-corrected chi connectivity index (χ3v) is 4.36. The quantitative estimate of drug-likeness (QED) is 0.733. The van der Waals surface area contributed by atoms with Crippen LogP contribution in [0.1, 0.15) is 45.0 Å². The minimum Gasteiger partial charge on any atom is -1.00 e. The molecule has 104 valence electrons. The Morgan fingerprint density at radius 2 is 1.89 bits per heavy atom. The maximum absolute atomic E-state index is 4.74. The van der Waals surface area contributed by atoms with Gasteiger partial charge < -0.3 is 16.8 Å². The summed E-state index contributed by atoms with van der Waals surface area (Å²) in [5.41, 5.74) is 3.87. The maximum Gasteiger partial charge on any atom is 0.137 e. The number of rotatable bonds is 1. The van der Waals surface area contributed by atoms with Crippen molar-refractivity contribution in [2.45, 2.75) is 56.1 Å². The summed E-state index contributed by atoms with van der Waals surface area (Å²) in [6.07, 6.45) is 7.19. The topological polar surface area (TPSA) is 17.3 Å². The van der Waals surface area contributed by atoms with Crippen LogP contribution in [0.15, 0.2) is 23.2 Å². The van der Waals surface area contributed by atoms with Crippen LogP contribution in [0.5, 0.6) is 0 Å². The number of thioether (sulfide) groups is 1. The summed E-state index contributed by atoms with van der Waals surface area (Å²) in [7, 11) is 0. The van der Waals surface area contributed by atoms with Crippen molar-refractivity contribution in [3.8, 4) is 0 Å². The zero-order chi connectivity index (χ0) is 12.8. The molecule has 19 heavy (non-hydrogen) atoms. The molecule has 0 bridgehead atoms. The number of nitrogens with zero attached hydrogens (tertiary/aromatic N) is 2. The predicted molar refractivity (Wildman–Crippen MR) is 77.4 cm³/mol. The first kappa shape index (κ1) is 14.7. The molecule has 0 radical (unpaired) electrons. The second-order valence-electron chi connectivity index (χ2n) is 6.02. The first-order valence-corrected chi connectivity index (χ1v) is 7.53. The van der Waals surface area contributed by atoms with Gasteiger partial charge >= 0.3 is 0 Å². The minimum atomic E-state index is 0. The van der Waals surface area contributed by atoms with E-state index in [0.29, 0.717) is 0 Å². The summed E-state index contributed by atoms with van der Waals surface area (Å²) in [6.45, 7) is 6.77. The normalized spacial score (nSPS) is 15.1. The van der Waals surface area contributed by atoms with Crippen LogP contribution in [0.2, 0.25) is 0 Å². The van der Waals surface area contributed by atoms with Crippen molar-refractivity contribution in [3.05, 3.63) is 29.7 Å². The summed E-state index contributed by atoms with van der Waals surface area (Å²) in [6, 6.07) is 4.36. The average Bonchev–Trinajstić information content (AvgIpc) is 2.65. The molecule has 2 heterocycles. The van der Waals surface area contributed by atoms with E-state index in [1.54, 1.807) is 0 Å². The average molecular weight is 296 g/mol. The van der Waals surface area contributed by atoms with Crippen molar-refractivity contribution in [3.63, 3.8) is 0 Å². The number of aromatic nitrogens is 2. The van der Waals surface area contributed by atoms with E-state index in [1.165, 1.54) is 35.5 Å². The van der Waals surface area contributed by atoms with Crippen LogP contribution in [0, 0.1) is 0 Å². The third kappa shape index (κ3) is 3.09. The van der Waals surface area contributed by atoms with E-state index in [4.69, 9.17) is 4.98 Å². The number of imidazole rings is 1. The molecule has 1 aliphatic carbocycles. The van der Waals surface area contributed by atoms with E-state index >= 15 is 0 Å². The Morgan fingerprint density at radius 3 is 2.63 bits per heavy atom. The smallest absolute Gasteiger partial charge is 0.137 e. The molecule has 2 aromatic heterocycles. The molecular weight excluding hydrogens is 276 g/mol. The second kappa shape index (κ2) is 5.37. The monoisotopic (exact) mass is 295 g/mol. The van der Waals surface area contributed by atoms with Gasteiger partial charge in [-0.15, -0.1) is 11.8 Å². The number of aryl methyl sites for hydroxylation is 2. The summed E-state index contributed by atoms with van der Waals surface area (Å²) < 4.78 is 2.57. The Labute approximate surface area is 125 Å². The highest BCUT2D eigenvalue weighted by Crippen LogP contribution is 2.32. The highest BCUT2D eigenvalue weighted by molar-refractivity contribution is 8.00. The van der Waals surface area contributed by atoms with Gasteiger partial charge in [0.2, 0.25) is 0 Å². The maximum atomic E-state index is 4.74. The molecule has 4 heteroatoms. The van der Waals surface area contributed by atoms with Gasteiger partial charge in [0, 0.05) is 21.5 Å². The molecule has 0 saturated heterocycles. The lowest BCUT2D eigenvalue weighted by Crippen LogP contribution is -3.00. The number of hydrogen-bond donors (Lipinski definition) is 0. The van der Waals surface area contributed by atoms with Gasteiger partial charge in [-0.3, -0.25) is 0 Å². The molecule has 1 aliphatic rings. The number of halogens is 1. The number of hydrogen-bond acceptors (Lipinski definition) is 2. The lowest BCUT2D eigenvalue weighted by atomic mass is 10.0. The van der Waals surface area contributed by atoms with Crippen LogP contribution in [-0.4, -0.2) is 14.1 Å². The van der Waals surface area contributed by atoms with E-state index in [9.17, 15) is 0 Å². The van der Waals surface area contributed by atoms with Gasteiger partial charge in [-0.05, 0) is 37.8 Å². The standard InChI is InChI=1S/C15H20N2S.ClH/c1-15(2,3)18-11-8-9-14-16-12-6-4-5-7-13(12)17(14)10-11;/h8-10H,4-7H2,1-3H3;1H/p-1. The molecule has 0 saturated carbocycles. The van der Waals surface area contributed by atoms with Gasteiger partial charge in [-0.1, -0.05) is 20.8 Å². The van der Waals surface area contributed by atoms with Crippen molar-refractivity contribution in [2.75, 3.05) is 0 Å². The summed E-state index contributed by atoms with van der Waals surface area (Å²) in [4.78, 5) is 6.08. The Kier molecular flexibility index (Phi) is 4.17. The van der Waals surface area contributed by atoms with Gasteiger partial charge in [0.05, 0.1) is 5.69 Å². The van der Waals surface area contributed by atoms with Crippen molar-refractivity contribution in [2.24, 2.45) is 0 Å².